The van der Waals surface area contributed by atoms with E-state index in [1.807, 2.05) is 4.57 Å². The number of rotatable bonds is 6. The van der Waals surface area contributed by atoms with Crippen LogP contribution in [0.4, 0.5) is 0 Å². The van der Waals surface area contributed by atoms with Crippen LogP contribution < -0.4 is 10.6 Å². The van der Waals surface area contributed by atoms with E-state index in [9.17, 15) is 0 Å². The number of hydrogen-bond donors (Lipinski definition) is 2. The summed E-state index contributed by atoms with van der Waals surface area (Å²) in [7, 11) is 0. The van der Waals surface area contributed by atoms with Crippen molar-refractivity contribution in [1.29, 1.82) is 0 Å². The molecule has 0 amide bonds. The molecular weight excluding hydrogens is 411 g/mol. The van der Waals surface area contributed by atoms with Crippen molar-refractivity contribution in [2.24, 2.45) is 4.99 Å². The molecular formula is C14H27IN6S. The molecule has 22 heavy (non-hydrogen) atoms. The fraction of sp³-hybridized carbons (Fsp3) is 0.786. The smallest absolute Gasteiger partial charge is 0.191 e. The predicted octanol–water partition coefficient (Wildman–Crippen LogP) is 2.26. The van der Waals surface area contributed by atoms with Gasteiger partial charge < -0.3 is 15.2 Å². The Labute approximate surface area is 154 Å². The molecule has 1 aromatic heterocycles. The van der Waals surface area contributed by atoms with E-state index in [0.29, 0.717) is 11.3 Å². The van der Waals surface area contributed by atoms with Crippen LogP contribution in [0.3, 0.4) is 0 Å². The highest BCUT2D eigenvalue weighted by Crippen LogP contribution is 2.36. The van der Waals surface area contributed by atoms with Gasteiger partial charge in [0.15, 0.2) is 11.8 Å². The van der Waals surface area contributed by atoms with Gasteiger partial charge in [-0.05, 0) is 39.4 Å². The van der Waals surface area contributed by atoms with E-state index in [2.05, 4.69) is 58.4 Å². The van der Waals surface area contributed by atoms with Gasteiger partial charge in [-0.15, -0.1) is 34.2 Å². The van der Waals surface area contributed by atoms with Gasteiger partial charge in [0.1, 0.15) is 12.9 Å². The zero-order valence-corrected chi connectivity index (χ0v) is 16.8. The summed E-state index contributed by atoms with van der Waals surface area (Å²) in [6.45, 7) is 9.72. The highest BCUT2D eigenvalue weighted by atomic mass is 127. The van der Waals surface area contributed by atoms with E-state index < -0.39 is 0 Å². The Bertz CT molecular complexity index is 470. The molecule has 1 unspecified atom stereocenters. The van der Waals surface area contributed by atoms with Crippen molar-refractivity contribution < 1.29 is 0 Å². The number of aliphatic imine (C=N–C) groups is 1. The van der Waals surface area contributed by atoms with Gasteiger partial charge in [0.2, 0.25) is 0 Å². The monoisotopic (exact) mass is 438 g/mol. The number of aryl methyl sites for hydroxylation is 1. The minimum atomic E-state index is 0. The second-order valence-corrected chi connectivity index (χ2v) is 7.17. The van der Waals surface area contributed by atoms with Crippen LogP contribution in [0.25, 0.3) is 0 Å². The molecule has 0 aliphatic carbocycles. The fourth-order valence-corrected chi connectivity index (χ4v) is 3.65. The number of aromatic nitrogens is 3. The number of nitrogens with zero attached hydrogens (tertiary/aromatic N) is 4. The molecule has 1 fully saturated rings. The Hall–Kier alpha value is -0.510. The highest BCUT2D eigenvalue weighted by molar-refractivity contribution is 14.0. The standard InChI is InChI=1S/C14H26N6S.HI/c1-4-15-13(17-10-14(3)7-6-8-21-14)16-9-12-19-18-11-20(12)5-2;/h11H,4-10H2,1-3H3,(H2,15,16,17);1H. The average molecular weight is 438 g/mol. The summed E-state index contributed by atoms with van der Waals surface area (Å²) in [4.78, 5) is 4.62. The largest absolute Gasteiger partial charge is 0.357 e. The second kappa shape index (κ2) is 9.59. The lowest BCUT2D eigenvalue weighted by Gasteiger charge is -2.24. The Morgan fingerprint density at radius 2 is 2.27 bits per heavy atom. The Morgan fingerprint density at radius 1 is 1.45 bits per heavy atom. The SMILES string of the molecule is CCNC(=NCc1nncn1CC)NCC1(C)CCCS1.I. The molecule has 0 saturated carbocycles. The molecule has 1 saturated heterocycles. The maximum Gasteiger partial charge on any atom is 0.191 e. The van der Waals surface area contributed by atoms with Crippen molar-refractivity contribution in [3.8, 4) is 0 Å². The first-order chi connectivity index (χ1) is 10.2. The van der Waals surface area contributed by atoms with E-state index in [0.717, 1.165) is 31.4 Å². The summed E-state index contributed by atoms with van der Waals surface area (Å²) >= 11 is 2.05. The highest BCUT2D eigenvalue weighted by Gasteiger charge is 2.29. The number of halogens is 1. The second-order valence-electron chi connectivity index (χ2n) is 5.48. The molecule has 1 aliphatic rings. The van der Waals surface area contributed by atoms with E-state index >= 15 is 0 Å². The van der Waals surface area contributed by atoms with Crippen LogP contribution in [0.5, 0.6) is 0 Å². The summed E-state index contributed by atoms with van der Waals surface area (Å²) in [5, 5.41) is 14.8. The van der Waals surface area contributed by atoms with Gasteiger partial charge in [-0.25, -0.2) is 4.99 Å². The summed E-state index contributed by atoms with van der Waals surface area (Å²) in [5.74, 6) is 3.03. The molecule has 0 aromatic carbocycles. The number of hydrogen-bond acceptors (Lipinski definition) is 4. The molecule has 1 aromatic rings. The molecule has 0 bridgehead atoms. The lowest BCUT2D eigenvalue weighted by Crippen LogP contribution is -2.43. The van der Waals surface area contributed by atoms with Crippen LogP contribution in [0, 0.1) is 0 Å². The van der Waals surface area contributed by atoms with Gasteiger partial charge >= 0.3 is 0 Å². The lowest BCUT2D eigenvalue weighted by molar-refractivity contribution is 0.584. The van der Waals surface area contributed by atoms with Gasteiger partial charge in [0.25, 0.3) is 0 Å². The summed E-state index contributed by atoms with van der Waals surface area (Å²) in [6, 6.07) is 0. The first kappa shape index (κ1) is 19.5. The fourth-order valence-electron chi connectivity index (χ4n) is 2.40. The summed E-state index contributed by atoms with van der Waals surface area (Å²) in [5.41, 5.74) is 0. The molecule has 8 heteroatoms. The van der Waals surface area contributed by atoms with Crippen LogP contribution in [-0.2, 0) is 13.1 Å². The van der Waals surface area contributed by atoms with Crippen molar-refractivity contribution in [1.82, 2.24) is 25.4 Å². The minimum Gasteiger partial charge on any atom is -0.357 e. The quantitative estimate of drug-likeness (QED) is 0.405. The van der Waals surface area contributed by atoms with Gasteiger partial charge in [-0.3, -0.25) is 0 Å². The zero-order valence-electron chi connectivity index (χ0n) is 13.6. The molecule has 126 valence electrons. The first-order valence-corrected chi connectivity index (χ1v) is 8.68. The van der Waals surface area contributed by atoms with Crippen LogP contribution in [0.1, 0.15) is 39.4 Å². The summed E-state index contributed by atoms with van der Waals surface area (Å²) in [6.07, 6.45) is 4.34. The topological polar surface area (TPSA) is 67.1 Å². The molecule has 0 spiro atoms. The van der Waals surface area contributed by atoms with Gasteiger partial charge in [0, 0.05) is 24.4 Å². The molecule has 2 N–H and O–H groups in total. The number of guanidine groups is 1. The number of thioether (sulfide) groups is 1. The Kier molecular flexibility index (Phi) is 8.52. The normalized spacial score (nSPS) is 21.5. The van der Waals surface area contributed by atoms with Gasteiger partial charge in [-0.2, -0.15) is 11.8 Å². The average Bonchev–Trinajstić information content (AvgIpc) is 3.11. The van der Waals surface area contributed by atoms with Crippen LogP contribution in [-0.4, -0.2) is 44.3 Å². The lowest BCUT2D eigenvalue weighted by atomic mass is 10.1. The Balaban J connectivity index is 0.00000242. The van der Waals surface area contributed by atoms with Gasteiger partial charge in [-0.1, -0.05) is 0 Å². The van der Waals surface area contributed by atoms with Crippen molar-refractivity contribution >= 4 is 41.7 Å². The molecule has 2 heterocycles. The van der Waals surface area contributed by atoms with E-state index in [-0.39, 0.29) is 24.0 Å². The third-order valence-electron chi connectivity index (χ3n) is 3.69. The third-order valence-corrected chi connectivity index (χ3v) is 5.23. The maximum absolute atomic E-state index is 4.62. The molecule has 6 nitrogen and oxygen atoms in total. The molecule has 0 radical (unpaired) electrons. The molecule has 2 rings (SSSR count). The van der Waals surface area contributed by atoms with Gasteiger partial charge in [0.05, 0.1) is 0 Å². The molecule has 1 aliphatic heterocycles. The molecule has 1 atom stereocenters. The first-order valence-electron chi connectivity index (χ1n) is 7.69. The Morgan fingerprint density at radius 3 is 2.91 bits per heavy atom. The van der Waals surface area contributed by atoms with E-state index in [1.54, 1.807) is 6.33 Å². The maximum atomic E-state index is 4.62. The van der Waals surface area contributed by atoms with Crippen molar-refractivity contribution in [2.75, 3.05) is 18.8 Å². The predicted molar refractivity (Wildman–Crippen MR) is 104 cm³/mol. The van der Waals surface area contributed by atoms with E-state index in [1.165, 1.54) is 18.6 Å². The third kappa shape index (κ3) is 5.60. The van der Waals surface area contributed by atoms with E-state index in [4.69, 9.17) is 0 Å². The van der Waals surface area contributed by atoms with Crippen LogP contribution in [0.2, 0.25) is 0 Å². The van der Waals surface area contributed by atoms with Crippen molar-refractivity contribution in [3.63, 3.8) is 0 Å². The van der Waals surface area contributed by atoms with Crippen LogP contribution >= 0.6 is 35.7 Å². The summed E-state index contributed by atoms with van der Waals surface area (Å²) < 4.78 is 2.35. The van der Waals surface area contributed by atoms with Crippen molar-refractivity contribution in [2.45, 2.75) is 51.4 Å². The van der Waals surface area contributed by atoms with Crippen molar-refractivity contribution in [3.05, 3.63) is 12.2 Å². The van der Waals surface area contributed by atoms with Crippen LogP contribution in [0.15, 0.2) is 11.3 Å². The minimum absolute atomic E-state index is 0. The number of nitrogens with one attached hydrogen (secondary N) is 2. The zero-order chi connectivity index (χ0) is 15.1.